The minimum absolute atomic E-state index is 0.352. The van der Waals surface area contributed by atoms with Crippen LogP contribution in [0.1, 0.15) is 10.4 Å². The molecule has 0 atom stereocenters. The number of anilines is 1. The maximum Gasteiger partial charge on any atom is 0.150 e. The topological polar surface area (TPSA) is 29.1 Å². The Morgan fingerprint density at radius 1 is 1.30 bits per heavy atom. The molecule has 2 nitrogen and oxygen atoms in total. The molecule has 1 aromatic rings. The van der Waals surface area contributed by atoms with Gasteiger partial charge in [0.05, 0.1) is 5.69 Å². The average molecular weight is 139 g/mol. The Labute approximate surface area is 57.6 Å². The van der Waals surface area contributed by atoms with Gasteiger partial charge >= 0.3 is 0 Å². The summed E-state index contributed by atoms with van der Waals surface area (Å²) in [4.78, 5) is 10.1. The zero-order valence-corrected chi connectivity index (χ0v) is 5.17. The van der Waals surface area contributed by atoms with Gasteiger partial charge < -0.3 is 0 Å². The van der Waals surface area contributed by atoms with Crippen molar-refractivity contribution in [3.63, 3.8) is 0 Å². The second kappa shape index (κ2) is 2.96. The highest BCUT2D eigenvalue weighted by Crippen LogP contribution is 2.07. The van der Waals surface area contributed by atoms with E-state index in [2.05, 4.69) is 0 Å². The van der Waals surface area contributed by atoms with E-state index in [-0.39, 0.29) is 0 Å². The van der Waals surface area contributed by atoms with Crippen LogP contribution < -0.4 is 5.54 Å². The Bertz CT molecular complexity index is 220. The van der Waals surface area contributed by atoms with Crippen molar-refractivity contribution in [2.45, 2.75) is 0 Å². The molecule has 0 aliphatic rings. The number of halogens is 1. The van der Waals surface area contributed by atoms with Crippen LogP contribution in [0.25, 0.3) is 0 Å². The van der Waals surface area contributed by atoms with E-state index in [0.29, 0.717) is 17.5 Å². The van der Waals surface area contributed by atoms with Crippen LogP contribution in [0.15, 0.2) is 24.3 Å². The maximum absolute atomic E-state index is 11.6. The van der Waals surface area contributed by atoms with E-state index >= 15 is 0 Å². The van der Waals surface area contributed by atoms with Crippen LogP contribution in [0, 0.1) is 0 Å². The first kappa shape index (κ1) is 6.74. The zero-order chi connectivity index (χ0) is 7.40. The maximum atomic E-state index is 11.6. The molecule has 0 fully saturated rings. The largest absolute Gasteiger partial charge is 0.298 e. The van der Waals surface area contributed by atoms with Crippen LogP contribution in [-0.4, -0.2) is 6.29 Å². The Kier molecular flexibility index (Phi) is 1.99. The van der Waals surface area contributed by atoms with Gasteiger partial charge in [-0.2, -0.15) is 0 Å². The van der Waals surface area contributed by atoms with Gasteiger partial charge in [0.25, 0.3) is 0 Å². The van der Waals surface area contributed by atoms with Crippen molar-refractivity contribution in [3.8, 4) is 0 Å². The van der Waals surface area contributed by atoms with Gasteiger partial charge in [-0.05, 0) is 24.3 Å². The predicted molar refractivity (Wildman–Crippen MR) is 36.6 cm³/mol. The lowest BCUT2D eigenvalue weighted by molar-refractivity contribution is 0.112. The van der Waals surface area contributed by atoms with Gasteiger partial charge in [-0.25, -0.2) is 5.54 Å². The van der Waals surface area contributed by atoms with Crippen molar-refractivity contribution in [2.24, 2.45) is 0 Å². The molecule has 52 valence electrons. The van der Waals surface area contributed by atoms with Gasteiger partial charge in [-0.15, -0.1) is 4.48 Å². The third kappa shape index (κ3) is 1.31. The van der Waals surface area contributed by atoms with E-state index in [1.165, 1.54) is 29.8 Å². The van der Waals surface area contributed by atoms with Crippen molar-refractivity contribution < 1.29 is 9.28 Å². The van der Waals surface area contributed by atoms with Gasteiger partial charge in [0.15, 0.2) is 0 Å². The minimum Gasteiger partial charge on any atom is -0.298 e. The molecule has 0 radical (unpaired) electrons. The highest BCUT2D eigenvalue weighted by Gasteiger charge is 1.89. The van der Waals surface area contributed by atoms with E-state index in [1.54, 1.807) is 0 Å². The van der Waals surface area contributed by atoms with Crippen LogP contribution in [0.2, 0.25) is 0 Å². The molecule has 0 aliphatic heterocycles. The number of aldehydes is 1. The van der Waals surface area contributed by atoms with Crippen molar-refractivity contribution in [1.82, 2.24) is 0 Å². The number of carbonyl (C=O) groups excluding carboxylic acids is 1. The van der Waals surface area contributed by atoms with Crippen molar-refractivity contribution >= 4 is 12.0 Å². The van der Waals surface area contributed by atoms with Gasteiger partial charge in [0.2, 0.25) is 0 Å². The molecular weight excluding hydrogens is 133 g/mol. The van der Waals surface area contributed by atoms with E-state index in [0.717, 1.165) is 0 Å². The number of rotatable bonds is 2. The number of hydrogen-bond acceptors (Lipinski definition) is 2. The minimum atomic E-state index is 0.352. The van der Waals surface area contributed by atoms with E-state index in [9.17, 15) is 9.28 Å². The monoisotopic (exact) mass is 139 g/mol. The standard InChI is InChI=1S/C7H6FNO/c8-9-7-3-1-6(5-10)2-4-7/h1-5,9H. The van der Waals surface area contributed by atoms with Crippen LogP contribution >= 0.6 is 0 Å². The van der Waals surface area contributed by atoms with E-state index < -0.39 is 0 Å². The molecule has 0 heterocycles. The van der Waals surface area contributed by atoms with Gasteiger partial charge in [0, 0.05) is 5.56 Å². The first-order chi connectivity index (χ1) is 4.86. The highest BCUT2D eigenvalue weighted by atomic mass is 19.2. The predicted octanol–water partition coefficient (Wildman–Crippen LogP) is 1.80. The zero-order valence-electron chi connectivity index (χ0n) is 5.17. The molecule has 0 saturated carbocycles. The highest BCUT2D eigenvalue weighted by molar-refractivity contribution is 5.75. The molecule has 10 heavy (non-hydrogen) atoms. The Morgan fingerprint density at radius 2 is 1.90 bits per heavy atom. The molecule has 0 aliphatic carbocycles. The molecule has 0 aromatic heterocycles. The summed E-state index contributed by atoms with van der Waals surface area (Å²) < 4.78 is 11.6. The Morgan fingerprint density at radius 3 is 2.30 bits per heavy atom. The number of nitrogens with one attached hydrogen (secondary N) is 1. The molecule has 0 bridgehead atoms. The van der Waals surface area contributed by atoms with Crippen molar-refractivity contribution in [3.05, 3.63) is 29.8 Å². The lowest BCUT2D eigenvalue weighted by Crippen LogP contribution is -1.82. The summed E-state index contributed by atoms with van der Waals surface area (Å²) in [6.07, 6.45) is 0.710. The Balaban J connectivity index is 2.90. The molecule has 1 aromatic carbocycles. The summed E-state index contributed by atoms with van der Waals surface area (Å²) in [5.41, 5.74) is 2.36. The molecule has 0 unspecified atom stereocenters. The average Bonchev–Trinajstić information content (AvgIpc) is 2.05. The molecule has 3 heteroatoms. The van der Waals surface area contributed by atoms with Crippen LogP contribution in [-0.2, 0) is 0 Å². The lowest BCUT2D eigenvalue weighted by Gasteiger charge is -1.93. The quantitative estimate of drug-likeness (QED) is 0.500. The Hall–Kier alpha value is -1.38. The van der Waals surface area contributed by atoms with Crippen molar-refractivity contribution in [2.75, 3.05) is 5.54 Å². The second-order valence-electron chi connectivity index (χ2n) is 1.83. The number of carbonyl (C=O) groups is 1. The van der Waals surface area contributed by atoms with Gasteiger partial charge in [0.1, 0.15) is 6.29 Å². The molecule has 0 spiro atoms. The van der Waals surface area contributed by atoms with Crippen LogP contribution in [0.4, 0.5) is 10.2 Å². The van der Waals surface area contributed by atoms with E-state index in [4.69, 9.17) is 0 Å². The van der Waals surface area contributed by atoms with Crippen LogP contribution in [0.3, 0.4) is 0 Å². The fourth-order valence-electron chi connectivity index (χ4n) is 0.625. The SMILES string of the molecule is O=Cc1ccc(NF)cc1. The molecule has 0 saturated heterocycles. The molecular formula is C7H6FNO. The lowest BCUT2D eigenvalue weighted by atomic mass is 10.2. The summed E-state index contributed by atoms with van der Waals surface area (Å²) in [6.45, 7) is 0. The van der Waals surface area contributed by atoms with Crippen molar-refractivity contribution in [1.29, 1.82) is 0 Å². The second-order valence-corrected chi connectivity index (χ2v) is 1.83. The number of benzene rings is 1. The molecule has 1 N–H and O–H groups in total. The van der Waals surface area contributed by atoms with Gasteiger partial charge in [-0.3, -0.25) is 4.79 Å². The molecule has 0 amide bonds. The molecule has 1 rings (SSSR count). The first-order valence-electron chi connectivity index (χ1n) is 2.78. The first-order valence-corrected chi connectivity index (χ1v) is 2.78. The third-order valence-corrected chi connectivity index (χ3v) is 1.16. The van der Waals surface area contributed by atoms with E-state index in [1.807, 2.05) is 0 Å². The fourth-order valence-corrected chi connectivity index (χ4v) is 0.625. The summed E-state index contributed by atoms with van der Waals surface area (Å²) in [7, 11) is 0. The number of hydrogen-bond donors (Lipinski definition) is 1. The summed E-state index contributed by atoms with van der Waals surface area (Å²) in [5, 5.41) is 0. The van der Waals surface area contributed by atoms with Crippen LogP contribution in [0.5, 0.6) is 0 Å². The summed E-state index contributed by atoms with van der Waals surface area (Å²) in [6, 6.07) is 6.05. The van der Waals surface area contributed by atoms with Gasteiger partial charge in [-0.1, -0.05) is 0 Å². The smallest absolute Gasteiger partial charge is 0.150 e. The normalized spacial score (nSPS) is 8.90. The third-order valence-electron chi connectivity index (χ3n) is 1.16. The fraction of sp³-hybridized carbons (Fsp3) is 0. The summed E-state index contributed by atoms with van der Waals surface area (Å²) >= 11 is 0. The summed E-state index contributed by atoms with van der Waals surface area (Å²) in [5.74, 6) is 0.